The van der Waals surface area contributed by atoms with Crippen LogP contribution in [0.25, 0.3) is 0 Å². The SMILES string of the molecule is COc1ncnc(NCc2nc(C)cs2)c1C. The maximum atomic E-state index is 5.14. The first kappa shape index (κ1) is 11.8. The predicted octanol–water partition coefficient (Wildman–Crippen LogP) is 2.17. The number of hydrogen-bond donors (Lipinski definition) is 1. The number of hydrogen-bond acceptors (Lipinski definition) is 6. The molecule has 0 aliphatic rings. The molecule has 5 nitrogen and oxygen atoms in total. The molecule has 2 heterocycles. The van der Waals surface area contributed by atoms with Gasteiger partial charge in [-0.3, -0.25) is 0 Å². The molecule has 0 aromatic carbocycles. The van der Waals surface area contributed by atoms with Crippen LogP contribution < -0.4 is 10.1 Å². The average molecular weight is 250 g/mol. The predicted molar refractivity (Wildman–Crippen MR) is 67.5 cm³/mol. The minimum absolute atomic E-state index is 0.595. The molecule has 0 aliphatic carbocycles. The molecule has 6 heteroatoms. The number of thiazole rings is 1. The Hall–Kier alpha value is -1.69. The van der Waals surface area contributed by atoms with Crippen LogP contribution in [0.1, 0.15) is 16.3 Å². The van der Waals surface area contributed by atoms with Crippen molar-refractivity contribution in [2.45, 2.75) is 20.4 Å². The number of anilines is 1. The Balaban J connectivity index is 2.09. The highest BCUT2D eigenvalue weighted by atomic mass is 32.1. The lowest BCUT2D eigenvalue weighted by atomic mass is 10.3. The van der Waals surface area contributed by atoms with E-state index in [1.165, 1.54) is 6.33 Å². The lowest BCUT2D eigenvalue weighted by Gasteiger charge is -2.09. The maximum Gasteiger partial charge on any atom is 0.221 e. The quantitative estimate of drug-likeness (QED) is 0.901. The summed E-state index contributed by atoms with van der Waals surface area (Å²) in [5, 5.41) is 6.31. The summed E-state index contributed by atoms with van der Waals surface area (Å²) in [6.45, 7) is 4.58. The van der Waals surface area contributed by atoms with Crippen LogP contribution in [-0.4, -0.2) is 22.1 Å². The molecule has 1 N–H and O–H groups in total. The highest BCUT2D eigenvalue weighted by Crippen LogP contribution is 2.20. The van der Waals surface area contributed by atoms with Crippen molar-refractivity contribution in [2.75, 3.05) is 12.4 Å². The maximum absolute atomic E-state index is 5.14. The molecule has 0 unspecified atom stereocenters. The molecule has 0 saturated heterocycles. The number of methoxy groups -OCH3 is 1. The zero-order chi connectivity index (χ0) is 12.3. The lowest BCUT2D eigenvalue weighted by molar-refractivity contribution is 0.393. The average Bonchev–Trinajstić information content (AvgIpc) is 2.74. The number of nitrogens with one attached hydrogen (secondary N) is 1. The second-order valence-electron chi connectivity index (χ2n) is 3.59. The Morgan fingerprint density at radius 2 is 2.18 bits per heavy atom. The minimum atomic E-state index is 0.595. The van der Waals surface area contributed by atoms with Crippen LogP contribution in [-0.2, 0) is 6.54 Å². The fraction of sp³-hybridized carbons (Fsp3) is 0.364. The van der Waals surface area contributed by atoms with E-state index in [2.05, 4.69) is 20.3 Å². The number of ether oxygens (including phenoxy) is 1. The first-order chi connectivity index (χ1) is 8.20. The standard InChI is InChI=1S/C11H14N4OS/c1-7-5-17-9(15-7)4-12-10-8(2)11(16-3)14-6-13-10/h5-6H,4H2,1-3H3,(H,12,13,14). The van der Waals surface area contributed by atoms with Crippen LogP contribution in [0.5, 0.6) is 5.88 Å². The molecule has 2 aromatic rings. The van der Waals surface area contributed by atoms with Gasteiger partial charge in [-0.25, -0.2) is 15.0 Å². The van der Waals surface area contributed by atoms with Gasteiger partial charge >= 0.3 is 0 Å². The second kappa shape index (κ2) is 5.09. The van der Waals surface area contributed by atoms with E-state index in [9.17, 15) is 0 Å². The van der Waals surface area contributed by atoms with E-state index in [1.807, 2.05) is 19.2 Å². The van der Waals surface area contributed by atoms with E-state index in [0.29, 0.717) is 12.4 Å². The van der Waals surface area contributed by atoms with E-state index in [0.717, 1.165) is 22.1 Å². The Kier molecular flexibility index (Phi) is 3.53. The molecule has 0 saturated carbocycles. The summed E-state index contributed by atoms with van der Waals surface area (Å²) in [7, 11) is 1.60. The molecule has 0 aliphatic heterocycles. The fourth-order valence-corrected chi connectivity index (χ4v) is 2.17. The summed E-state index contributed by atoms with van der Waals surface area (Å²) < 4.78 is 5.14. The molecular formula is C11H14N4OS. The number of rotatable bonds is 4. The number of aromatic nitrogens is 3. The molecule has 0 amide bonds. The topological polar surface area (TPSA) is 59.9 Å². The first-order valence-corrected chi connectivity index (χ1v) is 6.09. The number of aryl methyl sites for hydroxylation is 1. The third-order valence-corrected chi connectivity index (χ3v) is 3.27. The Morgan fingerprint density at radius 3 is 2.82 bits per heavy atom. The molecule has 0 bridgehead atoms. The highest BCUT2D eigenvalue weighted by Gasteiger charge is 2.07. The Labute approximate surface area is 104 Å². The van der Waals surface area contributed by atoms with E-state index in [-0.39, 0.29) is 0 Å². The van der Waals surface area contributed by atoms with Gasteiger partial charge in [0.25, 0.3) is 0 Å². The largest absolute Gasteiger partial charge is 0.481 e. The van der Waals surface area contributed by atoms with E-state index in [1.54, 1.807) is 18.4 Å². The van der Waals surface area contributed by atoms with Crippen molar-refractivity contribution in [3.8, 4) is 5.88 Å². The van der Waals surface area contributed by atoms with Crippen molar-refractivity contribution in [1.82, 2.24) is 15.0 Å². The molecule has 0 spiro atoms. The van der Waals surface area contributed by atoms with Gasteiger partial charge in [-0.1, -0.05) is 0 Å². The van der Waals surface area contributed by atoms with E-state index in [4.69, 9.17) is 4.74 Å². The zero-order valence-corrected chi connectivity index (χ0v) is 10.8. The van der Waals surface area contributed by atoms with Crippen molar-refractivity contribution >= 4 is 17.2 Å². The van der Waals surface area contributed by atoms with Gasteiger partial charge in [-0.15, -0.1) is 11.3 Å². The summed E-state index contributed by atoms with van der Waals surface area (Å²) in [5.74, 6) is 1.38. The van der Waals surface area contributed by atoms with Crippen molar-refractivity contribution < 1.29 is 4.74 Å². The van der Waals surface area contributed by atoms with Crippen LogP contribution in [0.15, 0.2) is 11.7 Å². The minimum Gasteiger partial charge on any atom is -0.481 e. The summed E-state index contributed by atoms with van der Waals surface area (Å²) in [4.78, 5) is 12.6. The van der Waals surface area contributed by atoms with Gasteiger partial charge in [-0.05, 0) is 13.8 Å². The monoisotopic (exact) mass is 250 g/mol. The van der Waals surface area contributed by atoms with Gasteiger partial charge in [0.2, 0.25) is 5.88 Å². The van der Waals surface area contributed by atoms with Crippen LogP contribution in [0.3, 0.4) is 0 Å². The van der Waals surface area contributed by atoms with Gasteiger partial charge in [-0.2, -0.15) is 0 Å². The molecule has 0 atom stereocenters. The summed E-state index contributed by atoms with van der Waals surface area (Å²) in [6.07, 6.45) is 1.49. The Morgan fingerprint density at radius 1 is 1.35 bits per heavy atom. The third-order valence-electron chi connectivity index (χ3n) is 2.30. The van der Waals surface area contributed by atoms with Crippen molar-refractivity contribution in [3.05, 3.63) is 28.0 Å². The molecule has 2 rings (SSSR count). The van der Waals surface area contributed by atoms with Crippen LogP contribution >= 0.6 is 11.3 Å². The number of nitrogens with zero attached hydrogens (tertiary/aromatic N) is 3. The molecular weight excluding hydrogens is 236 g/mol. The fourth-order valence-electron chi connectivity index (χ4n) is 1.46. The molecule has 90 valence electrons. The van der Waals surface area contributed by atoms with Gasteiger partial charge in [0.15, 0.2) is 0 Å². The normalized spacial score (nSPS) is 10.3. The van der Waals surface area contributed by atoms with E-state index < -0.39 is 0 Å². The summed E-state index contributed by atoms with van der Waals surface area (Å²) in [5.41, 5.74) is 1.95. The van der Waals surface area contributed by atoms with Crippen LogP contribution in [0, 0.1) is 13.8 Å². The van der Waals surface area contributed by atoms with Crippen molar-refractivity contribution in [2.24, 2.45) is 0 Å². The van der Waals surface area contributed by atoms with Gasteiger partial charge in [0.1, 0.15) is 17.2 Å². The van der Waals surface area contributed by atoms with Gasteiger partial charge in [0, 0.05) is 11.1 Å². The summed E-state index contributed by atoms with van der Waals surface area (Å²) >= 11 is 1.64. The third kappa shape index (κ3) is 2.71. The zero-order valence-electron chi connectivity index (χ0n) is 10.0. The highest BCUT2D eigenvalue weighted by molar-refractivity contribution is 7.09. The summed E-state index contributed by atoms with van der Waals surface area (Å²) in [6, 6.07) is 0. The molecule has 0 radical (unpaired) electrons. The van der Waals surface area contributed by atoms with Gasteiger partial charge < -0.3 is 10.1 Å². The van der Waals surface area contributed by atoms with Crippen molar-refractivity contribution in [1.29, 1.82) is 0 Å². The van der Waals surface area contributed by atoms with Gasteiger partial charge in [0.05, 0.1) is 19.2 Å². The Bertz CT molecular complexity index is 512. The molecule has 2 aromatic heterocycles. The molecule has 17 heavy (non-hydrogen) atoms. The smallest absolute Gasteiger partial charge is 0.221 e. The lowest BCUT2D eigenvalue weighted by Crippen LogP contribution is -2.05. The van der Waals surface area contributed by atoms with Crippen LogP contribution in [0.4, 0.5) is 5.82 Å². The second-order valence-corrected chi connectivity index (χ2v) is 4.54. The van der Waals surface area contributed by atoms with Crippen molar-refractivity contribution in [3.63, 3.8) is 0 Å². The first-order valence-electron chi connectivity index (χ1n) is 5.21. The molecule has 0 fully saturated rings. The van der Waals surface area contributed by atoms with E-state index >= 15 is 0 Å². The van der Waals surface area contributed by atoms with Crippen LogP contribution in [0.2, 0.25) is 0 Å².